The molecule has 3 fully saturated rings. The first kappa shape index (κ1) is 30.4. The first-order valence-corrected chi connectivity index (χ1v) is 16.9. The van der Waals surface area contributed by atoms with Gasteiger partial charge in [-0.1, -0.05) is 52.2 Å². The molecule has 9 atom stereocenters. The zero-order valence-electron chi connectivity index (χ0n) is 23.1. The zero-order valence-corrected chi connectivity index (χ0v) is 24.7. The predicted molar refractivity (Wildman–Crippen MR) is 143 cm³/mol. The molecule has 3 saturated carbocycles. The molecule has 220 valence electrons. The van der Waals surface area contributed by atoms with Gasteiger partial charge in [0, 0.05) is 0 Å². The van der Waals surface area contributed by atoms with E-state index in [0.717, 1.165) is 44.1 Å². The highest BCUT2D eigenvalue weighted by Gasteiger charge is 2.62. The number of aliphatic hydroxyl groups excluding tert-OH is 1. The van der Waals surface area contributed by atoms with E-state index in [0.29, 0.717) is 37.5 Å². The molecular formula is C27H46O9S2. The lowest BCUT2D eigenvalue weighted by Gasteiger charge is -2.60. The van der Waals surface area contributed by atoms with E-state index in [4.69, 9.17) is 12.9 Å². The van der Waals surface area contributed by atoms with Crippen molar-refractivity contribution in [3.05, 3.63) is 11.6 Å². The third-order valence-electron chi connectivity index (χ3n) is 10.7. The number of hydrogen-bond acceptors (Lipinski definition) is 7. The van der Waals surface area contributed by atoms with E-state index in [1.807, 2.05) is 0 Å². The monoisotopic (exact) mass is 578 g/mol. The number of hydrogen-bond donors (Lipinski definition) is 3. The molecule has 0 aromatic rings. The average Bonchev–Trinajstić information content (AvgIpc) is 3.10. The topological polar surface area (TPSA) is 147 Å². The molecule has 38 heavy (non-hydrogen) atoms. The molecule has 0 amide bonds. The van der Waals surface area contributed by atoms with Crippen molar-refractivity contribution in [1.29, 1.82) is 0 Å². The van der Waals surface area contributed by atoms with E-state index in [1.165, 1.54) is 0 Å². The number of aliphatic hydroxyl groups is 1. The van der Waals surface area contributed by atoms with Gasteiger partial charge in [0.05, 0.1) is 18.8 Å². The van der Waals surface area contributed by atoms with Crippen LogP contribution in [0.1, 0.15) is 91.9 Å². The van der Waals surface area contributed by atoms with Gasteiger partial charge in [-0.15, -0.1) is 0 Å². The van der Waals surface area contributed by atoms with Crippen LogP contribution in [-0.4, -0.2) is 49.9 Å². The summed E-state index contributed by atoms with van der Waals surface area (Å²) in [4.78, 5) is 0. The van der Waals surface area contributed by atoms with Crippen molar-refractivity contribution in [2.45, 2.75) is 104 Å². The fourth-order valence-electron chi connectivity index (χ4n) is 9.19. The van der Waals surface area contributed by atoms with E-state index < -0.39 is 33.0 Å². The lowest BCUT2D eigenvalue weighted by molar-refractivity contribution is -0.131. The Kier molecular flexibility index (Phi) is 8.82. The van der Waals surface area contributed by atoms with Gasteiger partial charge in [0.15, 0.2) is 0 Å². The van der Waals surface area contributed by atoms with Gasteiger partial charge in [-0.2, -0.15) is 16.8 Å². The molecule has 0 aliphatic heterocycles. The highest BCUT2D eigenvalue weighted by molar-refractivity contribution is 7.81. The van der Waals surface area contributed by atoms with Gasteiger partial charge in [0.25, 0.3) is 0 Å². The standard InChI is InChI=1S/C27H46O9S2/c1-17(2)6-5-7-18(16-35-37(29,30)31)22-10-11-23-21-9-8-19-14-20(36-38(32,33)34)12-13-26(19,3)25(21)24(28)15-27(22,23)4/h8,17-18,20-25,28H,5-7,9-16H2,1-4H3,(H,29,30,31)(H,32,33,34)/t18-,20+,21?,22+,23?,24-,25?,26-,27+/m0/s1. The van der Waals surface area contributed by atoms with Gasteiger partial charge in [0.2, 0.25) is 0 Å². The van der Waals surface area contributed by atoms with Crippen molar-refractivity contribution in [3.8, 4) is 0 Å². The third kappa shape index (κ3) is 6.34. The second-order valence-electron chi connectivity index (χ2n) is 13.3. The van der Waals surface area contributed by atoms with Crippen LogP contribution in [-0.2, 0) is 29.2 Å². The van der Waals surface area contributed by atoms with Crippen LogP contribution in [0, 0.1) is 46.3 Å². The number of allylic oxidation sites excluding steroid dienone is 1. The molecule has 0 spiro atoms. The van der Waals surface area contributed by atoms with Gasteiger partial charge >= 0.3 is 20.8 Å². The molecule has 3 N–H and O–H groups in total. The summed E-state index contributed by atoms with van der Waals surface area (Å²) in [6, 6.07) is 0. The molecule has 4 aliphatic rings. The summed E-state index contributed by atoms with van der Waals surface area (Å²) < 4.78 is 73.7. The van der Waals surface area contributed by atoms with Crippen molar-refractivity contribution >= 4 is 20.8 Å². The largest absolute Gasteiger partial charge is 0.397 e. The maximum absolute atomic E-state index is 11.7. The smallest absolute Gasteiger partial charge is 0.393 e. The summed E-state index contributed by atoms with van der Waals surface area (Å²) in [7, 11) is -9.04. The first-order chi connectivity index (χ1) is 17.5. The van der Waals surface area contributed by atoms with E-state index in [9.17, 15) is 26.5 Å². The molecule has 0 bridgehead atoms. The maximum Gasteiger partial charge on any atom is 0.397 e. The Bertz CT molecular complexity index is 1100. The molecule has 4 rings (SSSR count). The summed E-state index contributed by atoms with van der Waals surface area (Å²) >= 11 is 0. The predicted octanol–water partition coefficient (Wildman–Crippen LogP) is 4.99. The molecule has 11 heteroatoms. The minimum Gasteiger partial charge on any atom is -0.393 e. The quantitative estimate of drug-likeness (QED) is 0.241. The van der Waals surface area contributed by atoms with Gasteiger partial charge in [0.1, 0.15) is 0 Å². The molecule has 0 heterocycles. The Morgan fingerprint density at radius 1 is 1.05 bits per heavy atom. The van der Waals surface area contributed by atoms with Crippen LogP contribution in [0.2, 0.25) is 0 Å². The third-order valence-corrected chi connectivity index (χ3v) is 11.6. The molecule has 0 aromatic heterocycles. The van der Waals surface area contributed by atoms with E-state index in [1.54, 1.807) is 0 Å². The Morgan fingerprint density at radius 2 is 1.76 bits per heavy atom. The maximum atomic E-state index is 11.7. The fraction of sp³-hybridized carbons (Fsp3) is 0.926. The molecular weight excluding hydrogens is 532 g/mol. The highest BCUT2D eigenvalue weighted by atomic mass is 32.3. The van der Waals surface area contributed by atoms with E-state index in [-0.39, 0.29) is 41.1 Å². The molecule has 3 unspecified atom stereocenters. The van der Waals surface area contributed by atoms with Crippen molar-refractivity contribution in [2.24, 2.45) is 46.3 Å². The van der Waals surface area contributed by atoms with Crippen LogP contribution in [0.25, 0.3) is 0 Å². The molecule has 4 aliphatic carbocycles. The van der Waals surface area contributed by atoms with Crippen LogP contribution in [0.5, 0.6) is 0 Å². The summed E-state index contributed by atoms with van der Waals surface area (Å²) in [5.74, 6) is 1.42. The van der Waals surface area contributed by atoms with Crippen LogP contribution in [0.3, 0.4) is 0 Å². The second-order valence-corrected chi connectivity index (χ2v) is 15.5. The minimum absolute atomic E-state index is 0.0206. The van der Waals surface area contributed by atoms with Crippen LogP contribution in [0.15, 0.2) is 11.6 Å². The van der Waals surface area contributed by atoms with Crippen molar-refractivity contribution < 1.29 is 39.4 Å². The van der Waals surface area contributed by atoms with Gasteiger partial charge in [-0.25, -0.2) is 8.37 Å². The lowest BCUT2D eigenvalue weighted by Crippen LogP contribution is -2.57. The summed E-state index contributed by atoms with van der Waals surface area (Å²) in [5.41, 5.74) is 0.688. The van der Waals surface area contributed by atoms with Crippen molar-refractivity contribution in [1.82, 2.24) is 0 Å². The van der Waals surface area contributed by atoms with Crippen molar-refractivity contribution in [2.75, 3.05) is 6.61 Å². The highest BCUT2D eigenvalue weighted by Crippen LogP contribution is 2.67. The number of rotatable bonds is 10. The average molecular weight is 579 g/mol. The fourth-order valence-corrected chi connectivity index (χ4v) is 10.0. The molecule has 0 aromatic carbocycles. The zero-order chi connectivity index (χ0) is 28.1. The molecule has 9 nitrogen and oxygen atoms in total. The molecule has 0 radical (unpaired) electrons. The van der Waals surface area contributed by atoms with E-state index >= 15 is 0 Å². The first-order valence-electron chi connectivity index (χ1n) is 14.2. The van der Waals surface area contributed by atoms with Crippen LogP contribution >= 0.6 is 0 Å². The molecule has 0 saturated heterocycles. The summed E-state index contributed by atoms with van der Waals surface area (Å²) in [6.45, 7) is 8.75. The Balaban J connectivity index is 1.56. The van der Waals surface area contributed by atoms with Crippen LogP contribution in [0.4, 0.5) is 0 Å². The van der Waals surface area contributed by atoms with Gasteiger partial charge in [-0.05, 0) is 97.7 Å². The number of fused-ring (bicyclic) bond motifs is 5. The Labute approximate surface area is 228 Å². The second kappa shape index (κ2) is 11.0. The lowest BCUT2D eigenvalue weighted by atomic mass is 9.46. The van der Waals surface area contributed by atoms with Crippen LogP contribution < -0.4 is 0 Å². The Hall–Kier alpha value is -0.560. The SMILES string of the molecule is CC(C)CCC[C@@H](COS(=O)(=O)O)[C@H]1CCC2C3CC=C4C[C@H](OS(=O)(=O)O)CC[C@]4(C)C3[C@@H](O)C[C@@]21C. The van der Waals surface area contributed by atoms with Crippen molar-refractivity contribution in [3.63, 3.8) is 0 Å². The summed E-state index contributed by atoms with van der Waals surface area (Å²) in [6.07, 6.45) is 8.91. The normalized spacial score (nSPS) is 40.3. The van der Waals surface area contributed by atoms with Gasteiger partial charge < -0.3 is 5.11 Å². The summed E-state index contributed by atoms with van der Waals surface area (Å²) in [5, 5.41) is 11.7. The Morgan fingerprint density at radius 3 is 2.39 bits per heavy atom. The minimum atomic E-state index is -4.53. The van der Waals surface area contributed by atoms with E-state index in [2.05, 4.69) is 33.8 Å². The van der Waals surface area contributed by atoms with Gasteiger partial charge in [-0.3, -0.25) is 9.11 Å².